The lowest BCUT2D eigenvalue weighted by molar-refractivity contribution is 0.240. The zero-order valence-electron chi connectivity index (χ0n) is 9.78. The maximum atomic E-state index is 12.1. The fourth-order valence-electron chi connectivity index (χ4n) is 2.69. The molecule has 17 heavy (non-hydrogen) atoms. The number of hydrogen-bond acceptors (Lipinski definition) is 2. The van der Waals surface area contributed by atoms with Crippen molar-refractivity contribution in [3.05, 3.63) is 29.8 Å². The summed E-state index contributed by atoms with van der Waals surface area (Å²) in [7, 11) is 0. The number of urea groups is 1. The number of rotatable bonds is 1. The Labute approximate surface area is 101 Å². The van der Waals surface area contributed by atoms with Crippen LogP contribution in [0.3, 0.4) is 0 Å². The minimum absolute atomic E-state index is 0.0515. The van der Waals surface area contributed by atoms with Crippen LogP contribution in [0.5, 0.6) is 0 Å². The topological polar surface area (TPSA) is 44.4 Å². The number of anilines is 1. The summed E-state index contributed by atoms with van der Waals surface area (Å²) in [6, 6.07) is 8.55. The predicted molar refractivity (Wildman–Crippen MR) is 67.0 cm³/mol. The van der Waals surface area contributed by atoms with E-state index in [1.807, 2.05) is 17.0 Å². The van der Waals surface area contributed by atoms with E-state index in [0.717, 1.165) is 31.6 Å². The molecule has 0 saturated carbocycles. The molecule has 1 fully saturated rings. The first-order valence-electron chi connectivity index (χ1n) is 6.22. The second kappa shape index (κ2) is 4.37. The third-order valence-electron chi connectivity index (χ3n) is 3.57. The first kappa shape index (κ1) is 10.6. The van der Waals surface area contributed by atoms with Crippen molar-refractivity contribution < 1.29 is 4.79 Å². The zero-order chi connectivity index (χ0) is 11.7. The molecule has 1 aromatic carbocycles. The zero-order valence-corrected chi connectivity index (χ0v) is 9.78. The van der Waals surface area contributed by atoms with Gasteiger partial charge >= 0.3 is 6.03 Å². The molecular weight excluding hydrogens is 214 g/mol. The van der Waals surface area contributed by atoms with Crippen molar-refractivity contribution >= 4 is 11.7 Å². The minimum Gasteiger partial charge on any atom is -0.334 e. The lowest BCUT2D eigenvalue weighted by Crippen LogP contribution is -2.52. The Morgan fingerprint density at radius 2 is 1.94 bits per heavy atom. The summed E-state index contributed by atoms with van der Waals surface area (Å²) in [5.74, 6) is 0. The molecular formula is C13H17N3O. The molecule has 0 bridgehead atoms. The van der Waals surface area contributed by atoms with Crippen molar-refractivity contribution in [2.45, 2.75) is 25.4 Å². The summed E-state index contributed by atoms with van der Waals surface area (Å²) in [6.07, 6.45) is 2.06. The Morgan fingerprint density at radius 1 is 1.18 bits per heavy atom. The number of amides is 2. The summed E-state index contributed by atoms with van der Waals surface area (Å²) >= 11 is 0. The largest absolute Gasteiger partial charge is 0.334 e. The van der Waals surface area contributed by atoms with Crippen LogP contribution >= 0.6 is 0 Å². The van der Waals surface area contributed by atoms with Gasteiger partial charge in [-0.15, -0.1) is 0 Å². The number of piperidine rings is 1. The van der Waals surface area contributed by atoms with Gasteiger partial charge in [-0.3, -0.25) is 4.90 Å². The van der Waals surface area contributed by atoms with E-state index < -0.39 is 0 Å². The maximum Gasteiger partial charge on any atom is 0.322 e. The fourth-order valence-corrected chi connectivity index (χ4v) is 2.69. The van der Waals surface area contributed by atoms with Crippen LogP contribution in [0.1, 0.15) is 18.4 Å². The summed E-state index contributed by atoms with van der Waals surface area (Å²) in [6.45, 7) is 2.64. The summed E-state index contributed by atoms with van der Waals surface area (Å²) in [5, 5.41) is 6.29. The van der Waals surface area contributed by atoms with E-state index in [1.165, 1.54) is 5.56 Å². The molecule has 2 amide bonds. The molecule has 4 nitrogen and oxygen atoms in total. The number of nitrogens with one attached hydrogen (secondary N) is 2. The molecule has 1 aromatic rings. The van der Waals surface area contributed by atoms with E-state index in [0.29, 0.717) is 12.6 Å². The highest BCUT2D eigenvalue weighted by Crippen LogP contribution is 2.28. The Morgan fingerprint density at radius 3 is 2.76 bits per heavy atom. The highest BCUT2D eigenvalue weighted by molar-refractivity contribution is 5.95. The molecule has 0 spiro atoms. The molecule has 3 rings (SSSR count). The van der Waals surface area contributed by atoms with Crippen molar-refractivity contribution in [2.75, 3.05) is 18.0 Å². The monoisotopic (exact) mass is 231 g/mol. The number of hydrogen-bond donors (Lipinski definition) is 2. The van der Waals surface area contributed by atoms with Crippen LogP contribution in [0.15, 0.2) is 24.3 Å². The quantitative estimate of drug-likeness (QED) is 0.768. The lowest BCUT2D eigenvalue weighted by atomic mass is 10.0. The standard InChI is InChI=1S/C13H17N3O/c17-13-15-9-10-3-1-2-4-12(10)16(13)11-5-7-14-8-6-11/h1-4,11,14H,5-9H2,(H,15,17). The summed E-state index contributed by atoms with van der Waals surface area (Å²) in [4.78, 5) is 14.0. The van der Waals surface area contributed by atoms with Gasteiger partial charge in [0.2, 0.25) is 0 Å². The highest BCUT2D eigenvalue weighted by Gasteiger charge is 2.30. The van der Waals surface area contributed by atoms with E-state index in [4.69, 9.17) is 0 Å². The molecule has 90 valence electrons. The molecule has 1 saturated heterocycles. The van der Waals surface area contributed by atoms with Gasteiger partial charge in [-0.05, 0) is 37.6 Å². The van der Waals surface area contributed by atoms with Gasteiger partial charge in [0.1, 0.15) is 0 Å². The summed E-state index contributed by atoms with van der Waals surface area (Å²) < 4.78 is 0. The first-order chi connectivity index (χ1) is 8.36. The molecule has 2 heterocycles. The Hall–Kier alpha value is -1.55. The van der Waals surface area contributed by atoms with Gasteiger partial charge in [0.05, 0.1) is 5.69 Å². The Balaban J connectivity index is 1.94. The molecule has 2 N–H and O–H groups in total. The molecule has 0 radical (unpaired) electrons. The SMILES string of the molecule is O=C1NCc2ccccc2N1C1CCNCC1. The molecule has 4 heteroatoms. The fraction of sp³-hybridized carbons (Fsp3) is 0.462. The smallest absolute Gasteiger partial charge is 0.322 e. The third-order valence-corrected chi connectivity index (χ3v) is 3.57. The van der Waals surface area contributed by atoms with E-state index in [1.54, 1.807) is 0 Å². The number of fused-ring (bicyclic) bond motifs is 1. The first-order valence-corrected chi connectivity index (χ1v) is 6.22. The van der Waals surface area contributed by atoms with Crippen LogP contribution in [0, 0.1) is 0 Å². The van der Waals surface area contributed by atoms with Gasteiger partial charge < -0.3 is 10.6 Å². The molecule has 2 aliphatic heterocycles. The normalized spacial score (nSPS) is 20.9. The van der Waals surface area contributed by atoms with Crippen LogP contribution in [-0.2, 0) is 6.54 Å². The van der Waals surface area contributed by atoms with Crippen molar-refractivity contribution in [1.29, 1.82) is 0 Å². The van der Waals surface area contributed by atoms with Crippen molar-refractivity contribution in [3.63, 3.8) is 0 Å². The maximum absolute atomic E-state index is 12.1. The second-order valence-electron chi connectivity index (χ2n) is 4.64. The van der Waals surface area contributed by atoms with Crippen LogP contribution in [0.25, 0.3) is 0 Å². The number of benzene rings is 1. The third kappa shape index (κ3) is 1.89. The van der Waals surface area contributed by atoms with E-state index >= 15 is 0 Å². The van der Waals surface area contributed by atoms with Crippen LogP contribution in [-0.4, -0.2) is 25.2 Å². The van der Waals surface area contributed by atoms with E-state index in [2.05, 4.69) is 22.8 Å². The van der Waals surface area contributed by atoms with Gasteiger partial charge in [-0.25, -0.2) is 4.79 Å². The van der Waals surface area contributed by atoms with Crippen LogP contribution < -0.4 is 15.5 Å². The number of carbonyl (C=O) groups excluding carboxylic acids is 1. The average molecular weight is 231 g/mol. The van der Waals surface area contributed by atoms with Gasteiger partial charge in [0, 0.05) is 12.6 Å². The summed E-state index contributed by atoms with van der Waals surface area (Å²) in [5.41, 5.74) is 2.30. The predicted octanol–water partition coefficient (Wildman–Crippen LogP) is 1.47. The van der Waals surface area contributed by atoms with Crippen LogP contribution in [0.2, 0.25) is 0 Å². The molecule has 0 aromatic heterocycles. The van der Waals surface area contributed by atoms with Gasteiger partial charge in [-0.2, -0.15) is 0 Å². The lowest BCUT2D eigenvalue weighted by Gasteiger charge is -2.38. The number of nitrogens with zero attached hydrogens (tertiary/aromatic N) is 1. The van der Waals surface area contributed by atoms with Crippen LogP contribution in [0.4, 0.5) is 10.5 Å². The minimum atomic E-state index is 0.0515. The van der Waals surface area contributed by atoms with Crippen molar-refractivity contribution in [2.24, 2.45) is 0 Å². The Bertz CT molecular complexity index is 426. The molecule has 0 unspecified atom stereocenters. The molecule has 0 atom stereocenters. The van der Waals surface area contributed by atoms with Crippen molar-refractivity contribution in [3.8, 4) is 0 Å². The average Bonchev–Trinajstić information content (AvgIpc) is 2.39. The highest BCUT2D eigenvalue weighted by atomic mass is 16.2. The van der Waals surface area contributed by atoms with Gasteiger partial charge in [0.25, 0.3) is 0 Å². The molecule has 2 aliphatic rings. The van der Waals surface area contributed by atoms with E-state index in [9.17, 15) is 4.79 Å². The second-order valence-corrected chi connectivity index (χ2v) is 4.64. The molecule has 0 aliphatic carbocycles. The van der Waals surface area contributed by atoms with Gasteiger partial charge in [0.15, 0.2) is 0 Å². The number of carbonyl (C=O) groups is 1. The van der Waals surface area contributed by atoms with Gasteiger partial charge in [-0.1, -0.05) is 18.2 Å². The Kier molecular flexibility index (Phi) is 2.73. The van der Waals surface area contributed by atoms with E-state index in [-0.39, 0.29) is 6.03 Å². The van der Waals surface area contributed by atoms with Crippen molar-refractivity contribution in [1.82, 2.24) is 10.6 Å². The number of para-hydroxylation sites is 1.